The Hall–Kier alpha value is -1.50. The van der Waals surface area contributed by atoms with E-state index in [1.807, 2.05) is 26.2 Å². The van der Waals surface area contributed by atoms with E-state index >= 15 is 0 Å². The summed E-state index contributed by atoms with van der Waals surface area (Å²) < 4.78 is 12.8. The molecular weight excluding hydrogens is 286 g/mol. The lowest BCUT2D eigenvalue weighted by Crippen LogP contribution is -2.50. The number of rotatable bonds is 1. The van der Waals surface area contributed by atoms with Gasteiger partial charge in [0.1, 0.15) is 17.0 Å². The molecule has 0 aliphatic carbocycles. The monoisotopic (exact) mass is 313 g/mol. The summed E-state index contributed by atoms with van der Waals surface area (Å²) >= 11 is 0. The van der Waals surface area contributed by atoms with E-state index in [0.29, 0.717) is 5.92 Å². The molecule has 3 nitrogen and oxygen atoms in total. The Kier molecular flexibility index (Phi) is 4.16. The third-order valence-electron chi connectivity index (χ3n) is 4.92. The Morgan fingerprint density at radius 1 is 1.22 bits per heavy atom. The number of hydrogen-bond donors (Lipinski definition) is 0. The molecule has 0 N–H and O–H groups in total. The van der Waals surface area contributed by atoms with Crippen molar-refractivity contribution in [3.8, 4) is 17.6 Å². The summed E-state index contributed by atoms with van der Waals surface area (Å²) in [5.41, 5.74) is 0.576. The van der Waals surface area contributed by atoms with Crippen molar-refractivity contribution in [2.24, 2.45) is 5.92 Å². The Morgan fingerprint density at radius 3 is 2.70 bits per heavy atom. The average molecular weight is 313 g/mol. The summed E-state index contributed by atoms with van der Waals surface area (Å²) in [6.45, 7) is 7.23. The minimum atomic E-state index is -0.377. The maximum absolute atomic E-state index is 6.55. The van der Waals surface area contributed by atoms with Crippen LogP contribution in [0.1, 0.15) is 45.3 Å². The molecule has 0 amide bonds. The van der Waals surface area contributed by atoms with Gasteiger partial charge in [-0.1, -0.05) is 30.0 Å². The van der Waals surface area contributed by atoms with E-state index in [4.69, 9.17) is 9.47 Å². The van der Waals surface area contributed by atoms with Gasteiger partial charge in [0, 0.05) is 11.5 Å². The Balaban J connectivity index is 1.90. The molecule has 23 heavy (non-hydrogen) atoms. The van der Waals surface area contributed by atoms with Crippen LogP contribution in [0.2, 0.25) is 0 Å². The molecule has 2 aliphatic rings. The van der Waals surface area contributed by atoms with E-state index < -0.39 is 0 Å². The molecule has 3 atom stereocenters. The highest BCUT2D eigenvalue weighted by molar-refractivity contribution is 5.39. The van der Waals surface area contributed by atoms with Crippen LogP contribution < -0.4 is 4.74 Å². The van der Waals surface area contributed by atoms with Crippen molar-refractivity contribution < 1.29 is 9.47 Å². The van der Waals surface area contributed by atoms with Crippen LogP contribution in [0.25, 0.3) is 0 Å². The fourth-order valence-corrected chi connectivity index (χ4v) is 3.64. The highest BCUT2D eigenvalue weighted by atomic mass is 16.5. The fraction of sp³-hybridized carbons (Fsp3) is 0.600. The fourth-order valence-electron chi connectivity index (χ4n) is 3.64. The van der Waals surface area contributed by atoms with Gasteiger partial charge >= 0.3 is 0 Å². The maximum atomic E-state index is 6.55. The van der Waals surface area contributed by atoms with Gasteiger partial charge in [-0.2, -0.15) is 0 Å². The van der Waals surface area contributed by atoms with Crippen LogP contribution in [0.3, 0.4) is 0 Å². The van der Waals surface area contributed by atoms with Gasteiger partial charge in [-0.25, -0.2) is 0 Å². The summed E-state index contributed by atoms with van der Waals surface area (Å²) in [4.78, 5) is 2.08. The lowest BCUT2D eigenvalue weighted by Gasteiger charge is -2.50. The maximum Gasteiger partial charge on any atom is 0.126 e. The molecule has 3 rings (SSSR count). The molecule has 2 heterocycles. The molecule has 1 saturated heterocycles. The molecule has 2 aliphatic heterocycles. The van der Waals surface area contributed by atoms with Crippen LogP contribution in [0, 0.1) is 17.8 Å². The smallest absolute Gasteiger partial charge is 0.126 e. The summed E-state index contributed by atoms with van der Waals surface area (Å²) in [6, 6.07) is 8.25. The molecule has 1 fully saturated rings. The minimum Gasteiger partial charge on any atom is -0.487 e. The first-order chi connectivity index (χ1) is 10.8. The van der Waals surface area contributed by atoms with Crippen molar-refractivity contribution >= 4 is 0 Å². The molecule has 0 spiro atoms. The zero-order chi connectivity index (χ0) is 16.7. The zero-order valence-corrected chi connectivity index (χ0v) is 14.8. The topological polar surface area (TPSA) is 21.7 Å². The SMILES string of the molecule is CN(C)CC#C[C@]1(C)CC[C@H]2[C@H](O1)c1ccccc1OC2(C)C. The van der Waals surface area contributed by atoms with Crippen LogP contribution in [0.5, 0.6) is 5.75 Å². The van der Waals surface area contributed by atoms with Crippen LogP contribution in [-0.2, 0) is 4.74 Å². The van der Waals surface area contributed by atoms with Crippen LogP contribution >= 0.6 is 0 Å². The first-order valence-corrected chi connectivity index (χ1v) is 8.41. The highest BCUT2D eigenvalue weighted by Crippen LogP contribution is 2.52. The first kappa shape index (κ1) is 16.4. The number of benzene rings is 1. The van der Waals surface area contributed by atoms with Gasteiger partial charge in [-0.3, -0.25) is 4.90 Å². The standard InChI is InChI=1S/C20H27NO2/c1-19(2)16-11-13-20(3,12-8-14-21(4)5)23-18(16)15-9-6-7-10-17(15)22-19/h6-7,9-10,16,18H,11,13-14H2,1-5H3/t16-,18+,20+/m0/s1. The van der Waals surface area contributed by atoms with Gasteiger partial charge in [0.05, 0.1) is 12.6 Å². The summed E-state index contributed by atoms with van der Waals surface area (Å²) in [5.74, 6) is 7.93. The molecule has 0 saturated carbocycles. The third kappa shape index (κ3) is 3.24. The number of para-hydroxylation sites is 1. The first-order valence-electron chi connectivity index (χ1n) is 8.41. The second-order valence-electron chi connectivity index (χ2n) is 7.70. The normalized spacial score (nSPS) is 31.4. The van der Waals surface area contributed by atoms with E-state index in [1.54, 1.807) is 0 Å². The van der Waals surface area contributed by atoms with Crippen LogP contribution in [-0.4, -0.2) is 36.7 Å². The summed E-state index contributed by atoms with van der Waals surface area (Å²) in [6.07, 6.45) is 2.07. The van der Waals surface area contributed by atoms with Gasteiger partial charge < -0.3 is 9.47 Å². The molecule has 1 aromatic carbocycles. The number of fused-ring (bicyclic) bond motifs is 3. The van der Waals surface area contributed by atoms with Crippen LogP contribution in [0.4, 0.5) is 0 Å². The number of ether oxygens (including phenoxy) is 2. The van der Waals surface area contributed by atoms with Crippen molar-refractivity contribution in [1.29, 1.82) is 0 Å². The van der Waals surface area contributed by atoms with E-state index in [1.165, 1.54) is 0 Å². The summed E-state index contributed by atoms with van der Waals surface area (Å²) in [7, 11) is 4.07. The molecule has 0 radical (unpaired) electrons. The molecule has 0 unspecified atom stereocenters. The molecule has 0 bridgehead atoms. The van der Waals surface area contributed by atoms with Crippen molar-refractivity contribution in [2.45, 2.75) is 50.9 Å². The van der Waals surface area contributed by atoms with E-state index in [9.17, 15) is 0 Å². The van der Waals surface area contributed by atoms with Crippen molar-refractivity contribution in [3.63, 3.8) is 0 Å². The van der Waals surface area contributed by atoms with Gasteiger partial charge in [0.2, 0.25) is 0 Å². The number of nitrogens with zero attached hydrogens (tertiary/aromatic N) is 1. The lowest BCUT2D eigenvalue weighted by atomic mass is 9.73. The molecule has 3 heteroatoms. The van der Waals surface area contributed by atoms with Gasteiger partial charge in [-0.15, -0.1) is 0 Å². The summed E-state index contributed by atoms with van der Waals surface area (Å²) in [5, 5.41) is 0. The quantitative estimate of drug-likeness (QED) is 0.739. The largest absolute Gasteiger partial charge is 0.487 e. The Bertz CT molecular complexity index is 641. The lowest BCUT2D eigenvalue weighted by molar-refractivity contribution is -0.169. The van der Waals surface area contributed by atoms with Gasteiger partial charge in [-0.05, 0) is 53.8 Å². The van der Waals surface area contributed by atoms with Crippen molar-refractivity contribution in [1.82, 2.24) is 4.90 Å². The van der Waals surface area contributed by atoms with E-state index in [0.717, 1.165) is 30.7 Å². The molecule has 0 aromatic heterocycles. The molecular formula is C20H27NO2. The van der Waals surface area contributed by atoms with Crippen molar-refractivity contribution in [3.05, 3.63) is 29.8 Å². The second-order valence-corrected chi connectivity index (χ2v) is 7.70. The predicted octanol–water partition coefficient (Wildman–Crippen LogP) is 3.65. The zero-order valence-electron chi connectivity index (χ0n) is 14.8. The van der Waals surface area contributed by atoms with Gasteiger partial charge in [0.15, 0.2) is 0 Å². The second kappa shape index (κ2) is 5.85. The molecule has 124 valence electrons. The van der Waals surface area contributed by atoms with E-state index in [-0.39, 0.29) is 17.3 Å². The predicted molar refractivity (Wildman–Crippen MR) is 92.4 cm³/mol. The number of hydrogen-bond acceptors (Lipinski definition) is 3. The Labute approximate surface area is 140 Å². The minimum absolute atomic E-state index is 0.0577. The van der Waals surface area contributed by atoms with Gasteiger partial charge in [0.25, 0.3) is 0 Å². The molecule has 1 aromatic rings. The average Bonchev–Trinajstić information content (AvgIpc) is 2.46. The van der Waals surface area contributed by atoms with E-state index in [2.05, 4.69) is 49.6 Å². The third-order valence-corrected chi connectivity index (χ3v) is 4.92. The van der Waals surface area contributed by atoms with Crippen LogP contribution in [0.15, 0.2) is 24.3 Å². The van der Waals surface area contributed by atoms with Crippen molar-refractivity contribution in [2.75, 3.05) is 20.6 Å². The Morgan fingerprint density at radius 2 is 1.96 bits per heavy atom. The highest BCUT2D eigenvalue weighted by Gasteiger charge is 2.49.